The Labute approximate surface area is 166 Å². The quantitative estimate of drug-likeness (QED) is 0.653. The van der Waals surface area contributed by atoms with Crippen LogP contribution in [0.2, 0.25) is 0 Å². The van der Waals surface area contributed by atoms with Crippen LogP contribution in [-0.4, -0.2) is 26.3 Å². The molecule has 6 nitrogen and oxygen atoms in total. The first-order valence-corrected chi connectivity index (χ1v) is 10.8. The van der Waals surface area contributed by atoms with Crippen LogP contribution in [0.3, 0.4) is 0 Å². The average Bonchev–Trinajstić information content (AvgIpc) is 2.97. The van der Waals surface area contributed by atoms with Crippen molar-refractivity contribution in [3.63, 3.8) is 0 Å². The van der Waals surface area contributed by atoms with Crippen molar-refractivity contribution in [3.05, 3.63) is 56.4 Å². The molecule has 0 atom stereocenters. The molecule has 0 aliphatic heterocycles. The minimum Gasteiger partial charge on any atom is -0.325 e. The van der Waals surface area contributed by atoms with Crippen LogP contribution in [0, 0.1) is 13.8 Å². The summed E-state index contributed by atoms with van der Waals surface area (Å²) in [5, 5.41) is 8.13. The molecule has 2 heterocycles. The molecule has 0 radical (unpaired) electrons. The zero-order valence-corrected chi connectivity index (χ0v) is 17.2. The van der Waals surface area contributed by atoms with E-state index in [1.54, 1.807) is 0 Å². The molecule has 3 aromatic rings. The van der Waals surface area contributed by atoms with Gasteiger partial charge in [0.15, 0.2) is 0 Å². The Balaban J connectivity index is 1.59. The van der Waals surface area contributed by atoms with Gasteiger partial charge in [-0.05, 0) is 43.5 Å². The van der Waals surface area contributed by atoms with E-state index in [2.05, 4.69) is 28.4 Å². The third-order valence-corrected chi connectivity index (χ3v) is 5.73. The van der Waals surface area contributed by atoms with Crippen molar-refractivity contribution >= 4 is 39.7 Å². The van der Waals surface area contributed by atoms with Crippen molar-refractivity contribution in [2.24, 2.45) is 0 Å². The Kier molecular flexibility index (Phi) is 6.28. The van der Waals surface area contributed by atoms with E-state index < -0.39 is 0 Å². The lowest BCUT2D eigenvalue weighted by Crippen LogP contribution is -2.16. The number of benzene rings is 1. The largest absolute Gasteiger partial charge is 0.325 e. The molecule has 1 aromatic carbocycles. The summed E-state index contributed by atoms with van der Waals surface area (Å²) in [6.07, 6.45) is 1.82. The summed E-state index contributed by atoms with van der Waals surface area (Å²) in [7, 11) is 0. The first kappa shape index (κ1) is 19.6. The highest BCUT2D eigenvalue weighted by molar-refractivity contribution is 7.99. The Morgan fingerprint density at radius 2 is 1.96 bits per heavy atom. The molecule has 27 heavy (non-hydrogen) atoms. The fourth-order valence-electron chi connectivity index (χ4n) is 2.78. The van der Waals surface area contributed by atoms with E-state index in [0.29, 0.717) is 22.2 Å². The van der Waals surface area contributed by atoms with Gasteiger partial charge in [0, 0.05) is 23.9 Å². The van der Waals surface area contributed by atoms with Gasteiger partial charge in [0.2, 0.25) is 10.9 Å². The summed E-state index contributed by atoms with van der Waals surface area (Å²) < 4.78 is 1.36. The van der Waals surface area contributed by atoms with E-state index in [1.807, 2.05) is 26.0 Å². The third-order valence-electron chi connectivity index (χ3n) is 3.79. The van der Waals surface area contributed by atoms with Crippen LogP contribution in [0.25, 0.3) is 4.96 Å². The first-order chi connectivity index (χ1) is 12.9. The van der Waals surface area contributed by atoms with Crippen molar-refractivity contribution in [2.75, 3.05) is 11.1 Å². The number of carbonyl (C=O) groups excluding carboxylic acids is 1. The van der Waals surface area contributed by atoms with Gasteiger partial charge in [0.1, 0.15) is 5.01 Å². The van der Waals surface area contributed by atoms with Crippen LogP contribution < -0.4 is 10.9 Å². The van der Waals surface area contributed by atoms with Crippen LogP contribution >= 0.6 is 23.1 Å². The summed E-state index contributed by atoms with van der Waals surface area (Å²) >= 11 is 2.88. The highest BCUT2D eigenvalue weighted by Crippen LogP contribution is 2.17. The third kappa shape index (κ3) is 5.17. The van der Waals surface area contributed by atoms with Crippen molar-refractivity contribution in [3.8, 4) is 0 Å². The number of nitrogens with zero attached hydrogens (tertiary/aromatic N) is 3. The fourth-order valence-corrected chi connectivity index (χ4v) is 4.51. The van der Waals surface area contributed by atoms with Gasteiger partial charge < -0.3 is 5.32 Å². The molecule has 0 saturated carbocycles. The molecule has 1 amide bonds. The average molecular weight is 403 g/mol. The number of rotatable bonds is 7. The van der Waals surface area contributed by atoms with Crippen molar-refractivity contribution in [2.45, 2.75) is 39.4 Å². The second kappa shape index (κ2) is 8.67. The smallest absolute Gasteiger partial charge is 0.275 e. The van der Waals surface area contributed by atoms with Gasteiger partial charge in [0.25, 0.3) is 5.56 Å². The minimum absolute atomic E-state index is 0.0641. The van der Waals surface area contributed by atoms with E-state index in [4.69, 9.17) is 0 Å². The van der Waals surface area contributed by atoms with E-state index in [1.165, 1.54) is 33.7 Å². The van der Waals surface area contributed by atoms with Crippen molar-refractivity contribution < 1.29 is 4.79 Å². The van der Waals surface area contributed by atoms with Gasteiger partial charge in [-0.1, -0.05) is 24.3 Å². The first-order valence-electron chi connectivity index (χ1n) is 8.79. The maximum atomic E-state index is 12.2. The van der Waals surface area contributed by atoms with Gasteiger partial charge >= 0.3 is 0 Å². The maximum absolute atomic E-state index is 12.2. The van der Waals surface area contributed by atoms with Gasteiger partial charge in [0.05, 0.1) is 11.4 Å². The molecule has 0 spiro atoms. The molecule has 0 saturated heterocycles. The molecule has 0 aliphatic rings. The van der Waals surface area contributed by atoms with Gasteiger partial charge in [-0.25, -0.2) is 4.98 Å². The number of thioether (sulfide) groups is 1. The second-order valence-corrected chi connectivity index (χ2v) is 8.47. The molecule has 142 valence electrons. The minimum atomic E-state index is -0.172. The number of amides is 1. The predicted octanol–water partition coefficient (Wildman–Crippen LogP) is 3.59. The van der Waals surface area contributed by atoms with Crippen LogP contribution in [-0.2, 0) is 17.0 Å². The Bertz CT molecular complexity index is 1010. The number of nitrogens with one attached hydrogen (secondary N) is 1. The number of fused-ring (bicyclic) bond motifs is 1. The summed E-state index contributed by atoms with van der Waals surface area (Å²) in [6.45, 7) is 6.08. The highest BCUT2D eigenvalue weighted by atomic mass is 32.2. The number of hydrogen-bond acceptors (Lipinski definition) is 6. The summed E-state index contributed by atoms with van der Waals surface area (Å²) in [4.78, 5) is 29.5. The molecule has 3 rings (SSSR count). The summed E-state index contributed by atoms with van der Waals surface area (Å²) in [5.74, 6) is 0.746. The molecular weight excluding hydrogens is 380 g/mol. The van der Waals surface area contributed by atoms with Crippen LogP contribution in [0.15, 0.2) is 29.1 Å². The zero-order chi connectivity index (χ0) is 19.4. The SMILES string of the molecule is CCCc1nn2c(=O)cc(CSCC(=O)Nc3cc(C)cc(C)c3)nc2s1. The monoisotopic (exact) mass is 402 g/mol. The maximum Gasteiger partial charge on any atom is 0.275 e. The van der Waals surface area contributed by atoms with Crippen LogP contribution in [0.4, 0.5) is 5.69 Å². The topological polar surface area (TPSA) is 76.4 Å². The Hall–Kier alpha value is -2.19. The fraction of sp³-hybridized carbons (Fsp3) is 0.368. The molecule has 0 unspecified atom stereocenters. The van der Waals surface area contributed by atoms with Crippen molar-refractivity contribution in [1.82, 2.24) is 14.6 Å². The standard InChI is InChI=1S/C19H22N4O2S2/c1-4-5-17-22-23-18(25)9-15(21-19(23)27-17)10-26-11-16(24)20-14-7-12(2)6-13(3)8-14/h6-9H,4-5,10-11H2,1-3H3,(H,20,24). The number of anilines is 1. The van der Waals surface area contributed by atoms with Crippen LogP contribution in [0.5, 0.6) is 0 Å². The lowest BCUT2D eigenvalue weighted by Gasteiger charge is -2.07. The summed E-state index contributed by atoms with van der Waals surface area (Å²) in [6, 6.07) is 7.46. The van der Waals surface area contributed by atoms with E-state index in [0.717, 1.165) is 34.7 Å². The molecule has 1 N–H and O–H groups in total. The van der Waals surface area contributed by atoms with Crippen LogP contribution in [0.1, 0.15) is 35.2 Å². The van der Waals surface area contributed by atoms with Crippen molar-refractivity contribution in [1.29, 1.82) is 0 Å². The summed E-state index contributed by atoms with van der Waals surface area (Å²) in [5.41, 5.74) is 3.54. The number of carbonyl (C=O) groups is 1. The molecule has 0 aliphatic carbocycles. The van der Waals surface area contributed by atoms with E-state index >= 15 is 0 Å². The van der Waals surface area contributed by atoms with E-state index in [9.17, 15) is 9.59 Å². The van der Waals surface area contributed by atoms with Gasteiger partial charge in [-0.3, -0.25) is 9.59 Å². The molecular formula is C19H22N4O2S2. The lowest BCUT2D eigenvalue weighted by atomic mass is 10.1. The molecule has 8 heteroatoms. The van der Waals surface area contributed by atoms with Gasteiger partial charge in [-0.2, -0.15) is 9.61 Å². The molecule has 2 aromatic heterocycles. The lowest BCUT2D eigenvalue weighted by molar-refractivity contribution is -0.113. The molecule has 0 fully saturated rings. The number of aromatic nitrogens is 3. The second-order valence-electron chi connectivity index (χ2n) is 6.44. The zero-order valence-electron chi connectivity index (χ0n) is 15.6. The Morgan fingerprint density at radius 3 is 2.67 bits per heavy atom. The number of aryl methyl sites for hydroxylation is 3. The molecule has 0 bridgehead atoms. The highest BCUT2D eigenvalue weighted by Gasteiger charge is 2.10. The van der Waals surface area contributed by atoms with Gasteiger partial charge in [-0.15, -0.1) is 11.8 Å². The Morgan fingerprint density at radius 1 is 1.22 bits per heavy atom. The normalized spacial score (nSPS) is 11.1. The predicted molar refractivity (Wildman–Crippen MR) is 112 cm³/mol. The number of hydrogen-bond donors (Lipinski definition) is 1. The van der Waals surface area contributed by atoms with E-state index in [-0.39, 0.29) is 11.5 Å².